The summed E-state index contributed by atoms with van der Waals surface area (Å²) in [4.78, 5) is 0. The SMILES string of the molecule is COc1ccc(-c2ccc(F)c(C)c2)c(CNC(C)C)c1. The van der Waals surface area contributed by atoms with Crippen LogP contribution in [0.5, 0.6) is 5.75 Å². The number of hydrogen-bond acceptors (Lipinski definition) is 2. The van der Waals surface area contributed by atoms with Gasteiger partial charge in [-0.3, -0.25) is 0 Å². The molecule has 0 amide bonds. The highest BCUT2D eigenvalue weighted by Crippen LogP contribution is 2.28. The fraction of sp³-hybridized carbons (Fsp3) is 0.333. The Bertz CT molecular complexity index is 623. The molecule has 112 valence electrons. The van der Waals surface area contributed by atoms with Crippen molar-refractivity contribution in [3.8, 4) is 16.9 Å². The minimum absolute atomic E-state index is 0.172. The molecule has 0 aliphatic heterocycles. The molecule has 0 unspecified atom stereocenters. The lowest BCUT2D eigenvalue weighted by atomic mass is 9.97. The molecule has 0 radical (unpaired) electrons. The average molecular weight is 287 g/mol. The van der Waals surface area contributed by atoms with E-state index in [1.54, 1.807) is 14.0 Å². The number of nitrogens with one attached hydrogen (secondary N) is 1. The van der Waals surface area contributed by atoms with Crippen LogP contribution < -0.4 is 10.1 Å². The van der Waals surface area contributed by atoms with E-state index in [-0.39, 0.29) is 5.82 Å². The van der Waals surface area contributed by atoms with Gasteiger partial charge in [0.15, 0.2) is 0 Å². The number of ether oxygens (including phenoxy) is 1. The maximum atomic E-state index is 13.5. The number of hydrogen-bond donors (Lipinski definition) is 1. The van der Waals surface area contributed by atoms with Crippen molar-refractivity contribution < 1.29 is 9.13 Å². The third-order valence-corrected chi connectivity index (χ3v) is 3.48. The molecular weight excluding hydrogens is 265 g/mol. The zero-order valence-electron chi connectivity index (χ0n) is 13.0. The molecule has 0 saturated carbocycles. The first-order chi connectivity index (χ1) is 10.0. The maximum Gasteiger partial charge on any atom is 0.126 e. The van der Waals surface area contributed by atoms with Gasteiger partial charge in [-0.2, -0.15) is 0 Å². The molecular formula is C18H22FNO. The Hall–Kier alpha value is -1.87. The number of rotatable bonds is 5. The normalized spacial score (nSPS) is 11.0. The van der Waals surface area contributed by atoms with E-state index in [1.807, 2.05) is 30.3 Å². The predicted octanol–water partition coefficient (Wildman–Crippen LogP) is 4.31. The molecule has 21 heavy (non-hydrogen) atoms. The Labute approximate surface area is 126 Å². The lowest BCUT2D eigenvalue weighted by Crippen LogP contribution is -2.22. The second kappa shape index (κ2) is 6.72. The molecule has 2 aromatic rings. The highest BCUT2D eigenvalue weighted by atomic mass is 19.1. The van der Waals surface area contributed by atoms with E-state index >= 15 is 0 Å². The number of halogens is 1. The van der Waals surface area contributed by atoms with Crippen molar-refractivity contribution in [2.75, 3.05) is 7.11 Å². The van der Waals surface area contributed by atoms with Gasteiger partial charge in [-0.05, 0) is 53.4 Å². The van der Waals surface area contributed by atoms with Gasteiger partial charge < -0.3 is 10.1 Å². The van der Waals surface area contributed by atoms with Crippen LogP contribution in [0.25, 0.3) is 11.1 Å². The summed E-state index contributed by atoms with van der Waals surface area (Å²) in [5, 5.41) is 3.42. The van der Waals surface area contributed by atoms with E-state index in [1.165, 1.54) is 6.07 Å². The van der Waals surface area contributed by atoms with Gasteiger partial charge in [0.2, 0.25) is 0 Å². The van der Waals surface area contributed by atoms with E-state index in [0.29, 0.717) is 11.6 Å². The Morgan fingerprint density at radius 1 is 1.14 bits per heavy atom. The Morgan fingerprint density at radius 2 is 1.90 bits per heavy atom. The van der Waals surface area contributed by atoms with Gasteiger partial charge in [0.05, 0.1) is 7.11 Å². The fourth-order valence-corrected chi connectivity index (χ4v) is 2.25. The van der Waals surface area contributed by atoms with Crippen LogP contribution in [0, 0.1) is 12.7 Å². The van der Waals surface area contributed by atoms with Gasteiger partial charge in [-0.1, -0.05) is 26.0 Å². The largest absolute Gasteiger partial charge is 0.497 e. The van der Waals surface area contributed by atoms with Gasteiger partial charge >= 0.3 is 0 Å². The van der Waals surface area contributed by atoms with Crippen molar-refractivity contribution in [2.45, 2.75) is 33.4 Å². The van der Waals surface area contributed by atoms with Crippen LogP contribution in [0.3, 0.4) is 0 Å². The number of methoxy groups -OCH3 is 1. The molecule has 0 fully saturated rings. The lowest BCUT2D eigenvalue weighted by Gasteiger charge is -2.15. The van der Waals surface area contributed by atoms with Crippen LogP contribution in [0.4, 0.5) is 4.39 Å². The van der Waals surface area contributed by atoms with Crippen LogP contribution in [0.2, 0.25) is 0 Å². The predicted molar refractivity (Wildman–Crippen MR) is 85.1 cm³/mol. The summed E-state index contributed by atoms with van der Waals surface area (Å²) in [6.07, 6.45) is 0. The first-order valence-electron chi connectivity index (χ1n) is 7.18. The third-order valence-electron chi connectivity index (χ3n) is 3.48. The minimum atomic E-state index is -0.172. The summed E-state index contributed by atoms with van der Waals surface area (Å²) in [5.74, 6) is 0.659. The van der Waals surface area contributed by atoms with Crippen molar-refractivity contribution >= 4 is 0 Å². The van der Waals surface area contributed by atoms with Gasteiger partial charge in [0.1, 0.15) is 11.6 Å². The molecule has 0 bridgehead atoms. The van der Waals surface area contributed by atoms with Crippen molar-refractivity contribution in [1.82, 2.24) is 5.32 Å². The second-order valence-electron chi connectivity index (χ2n) is 5.52. The zero-order chi connectivity index (χ0) is 15.4. The highest BCUT2D eigenvalue weighted by molar-refractivity contribution is 5.69. The molecule has 3 heteroatoms. The fourth-order valence-electron chi connectivity index (χ4n) is 2.25. The van der Waals surface area contributed by atoms with Crippen LogP contribution in [-0.4, -0.2) is 13.2 Å². The highest BCUT2D eigenvalue weighted by Gasteiger charge is 2.09. The van der Waals surface area contributed by atoms with Crippen molar-refractivity contribution in [2.24, 2.45) is 0 Å². The lowest BCUT2D eigenvalue weighted by molar-refractivity contribution is 0.414. The standard InChI is InChI=1S/C18H22FNO/c1-12(2)20-11-15-10-16(21-4)6-7-17(15)14-5-8-18(19)13(3)9-14/h5-10,12,20H,11H2,1-4H3. The summed E-state index contributed by atoms with van der Waals surface area (Å²) in [5.41, 5.74) is 3.93. The molecule has 0 saturated heterocycles. The molecule has 0 atom stereocenters. The van der Waals surface area contributed by atoms with Crippen molar-refractivity contribution in [3.05, 3.63) is 53.3 Å². The van der Waals surface area contributed by atoms with E-state index < -0.39 is 0 Å². The monoisotopic (exact) mass is 287 g/mol. The number of benzene rings is 2. The Kier molecular flexibility index (Phi) is 4.97. The Balaban J connectivity index is 2.42. The molecule has 0 aromatic heterocycles. The van der Waals surface area contributed by atoms with Gasteiger partial charge in [0.25, 0.3) is 0 Å². The quantitative estimate of drug-likeness (QED) is 0.885. The van der Waals surface area contributed by atoms with Gasteiger partial charge in [-0.25, -0.2) is 4.39 Å². The van der Waals surface area contributed by atoms with E-state index in [2.05, 4.69) is 19.2 Å². The second-order valence-corrected chi connectivity index (χ2v) is 5.52. The van der Waals surface area contributed by atoms with Crippen molar-refractivity contribution in [3.63, 3.8) is 0 Å². The Morgan fingerprint density at radius 3 is 2.52 bits per heavy atom. The van der Waals surface area contributed by atoms with E-state index in [0.717, 1.165) is 29.0 Å². The summed E-state index contributed by atoms with van der Waals surface area (Å²) in [6, 6.07) is 11.6. The molecule has 0 spiro atoms. The van der Waals surface area contributed by atoms with Gasteiger partial charge in [-0.15, -0.1) is 0 Å². The molecule has 0 aliphatic carbocycles. The third kappa shape index (κ3) is 3.82. The first kappa shape index (κ1) is 15.5. The van der Waals surface area contributed by atoms with Crippen LogP contribution >= 0.6 is 0 Å². The molecule has 0 aliphatic rings. The van der Waals surface area contributed by atoms with Crippen LogP contribution in [0.15, 0.2) is 36.4 Å². The molecule has 2 nitrogen and oxygen atoms in total. The maximum absolute atomic E-state index is 13.5. The summed E-state index contributed by atoms with van der Waals surface area (Å²) >= 11 is 0. The number of aryl methyl sites for hydroxylation is 1. The van der Waals surface area contributed by atoms with E-state index in [4.69, 9.17) is 4.74 Å². The minimum Gasteiger partial charge on any atom is -0.497 e. The summed E-state index contributed by atoms with van der Waals surface area (Å²) in [7, 11) is 1.66. The van der Waals surface area contributed by atoms with Crippen LogP contribution in [-0.2, 0) is 6.54 Å². The molecule has 2 rings (SSSR count). The smallest absolute Gasteiger partial charge is 0.126 e. The molecule has 2 aromatic carbocycles. The van der Waals surface area contributed by atoms with Gasteiger partial charge in [0, 0.05) is 12.6 Å². The molecule has 1 N–H and O–H groups in total. The first-order valence-corrected chi connectivity index (χ1v) is 7.18. The topological polar surface area (TPSA) is 21.3 Å². The summed E-state index contributed by atoms with van der Waals surface area (Å²) < 4.78 is 18.8. The zero-order valence-corrected chi connectivity index (χ0v) is 13.0. The van der Waals surface area contributed by atoms with Crippen molar-refractivity contribution in [1.29, 1.82) is 0 Å². The summed E-state index contributed by atoms with van der Waals surface area (Å²) in [6.45, 7) is 6.76. The van der Waals surface area contributed by atoms with E-state index in [9.17, 15) is 4.39 Å². The average Bonchev–Trinajstić information content (AvgIpc) is 2.47. The molecule has 0 heterocycles. The van der Waals surface area contributed by atoms with Crippen LogP contribution in [0.1, 0.15) is 25.0 Å².